The molecule has 16 heavy (non-hydrogen) atoms. The van der Waals surface area contributed by atoms with Crippen LogP contribution in [0.2, 0.25) is 0 Å². The van der Waals surface area contributed by atoms with Gasteiger partial charge in [-0.3, -0.25) is 0 Å². The lowest BCUT2D eigenvalue weighted by Crippen LogP contribution is -2.05. The molecule has 0 N–H and O–H groups in total. The van der Waals surface area contributed by atoms with Crippen molar-refractivity contribution in [3.8, 4) is 5.82 Å². The van der Waals surface area contributed by atoms with Crippen LogP contribution >= 0.6 is 15.9 Å². The fourth-order valence-corrected chi connectivity index (χ4v) is 1.90. The summed E-state index contributed by atoms with van der Waals surface area (Å²) in [6, 6.07) is 3.84. The molecule has 0 amide bonds. The van der Waals surface area contributed by atoms with Crippen LogP contribution in [0.5, 0.6) is 0 Å². The molecule has 2 rings (SSSR count). The molecular weight excluding hydrogens is 268 g/mol. The van der Waals surface area contributed by atoms with Crippen molar-refractivity contribution in [1.82, 2.24) is 19.7 Å². The fraction of sp³-hybridized carbons (Fsp3) is 0.364. The lowest BCUT2D eigenvalue weighted by Gasteiger charge is -2.04. The summed E-state index contributed by atoms with van der Waals surface area (Å²) in [5.74, 6) is 2.59. The quantitative estimate of drug-likeness (QED) is 0.868. The first-order valence-electron chi connectivity index (χ1n) is 5.32. The van der Waals surface area contributed by atoms with E-state index in [2.05, 4.69) is 37.9 Å². The Kier molecular flexibility index (Phi) is 3.33. The van der Waals surface area contributed by atoms with Crippen LogP contribution in [-0.4, -0.2) is 19.7 Å². The monoisotopic (exact) mass is 280 g/mol. The summed E-state index contributed by atoms with van der Waals surface area (Å²) < 4.78 is 2.74. The van der Waals surface area contributed by atoms with E-state index in [1.807, 2.05) is 23.7 Å². The Labute approximate surface area is 103 Å². The molecule has 0 fully saturated rings. The van der Waals surface area contributed by atoms with E-state index in [4.69, 9.17) is 0 Å². The Balaban J connectivity index is 2.54. The highest BCUT2D eigenvalue weighted by molar-refractivity contribution is 9.10. The molecule has 0 saturated heterocycles. The lowest BCUT2D eigenvalue weighted by atomic mass is 10.4. The molecule has 0 aliphatic carbocycles. The second-order valence-corrected chi connectivity index (χ2v) is 4.23. The second-order valence-electron chi connectivity index (χ2n) is 3.37. The van der Waals surface area contributed by atoms with Gasteiger partial charge < -0.3 is 0 Å². The van der Waals surface area contributed by atoms with Crippen LogP contribution in [0, 0.1) is 0 Å². The van der Waals surface area contributed by atoms with Gasteiger partial charge in [0.05, 0.1) is 4.47 Å². The number of hydrogen-bond donors (Lipinski definition) is 0. The van der Waals surface area contributed by atoms with Gasteiger partial charge in [0, 0.05) is 19.0 Å². The maximum atomic E-state index is 4.46. The lowest BCUT2D eigenvalue weighted by molar-refractivity contribution is 0.765. The molecule has 0 aromatic carbocycles. The number of hydrogen-bond acceptors (Lipinski definition) is 3. The smallest absolute Gasteiger partial charge is 0.169 e. The van der Waals surface area contributed by atoms with Crippen LogP contribution < -0.4 is 0 Å². The summed E-state index contributed by atoms with van der Waals surface area (Å²) in [6.07, 6.45) is 3.44. The van der Waals surface area contributed by atoms with Crippen molar-refractivity contribution >= 4 is 15.9 Å². The SMILES string of the molecule is CCc1nc(CC)n(-c2ncccc2Br)n1. The number of aromatic nitrogens is 4. The molecule has 2 aromatic rings. The van der Waals surface area contributed by atoms with Crippen LogP contribution in [-0.2, 0) is 12.8 Å². The molecule has 0 aliphatic rings. The predicted octanol–water partition coefficient (Wildman–Crippen LogP) is 2.55. The normalized spacial score (nSPS) is 10.7. The van der Waals surface area contributed by atoms with Crippen molar-refractivity contribution in [2.24, 2.45) is 0 Å². The Hall–Kier alpha value is -1.23. The number of aryl methyl sites for hydroxylation is 2. The summed E-state index contributed by atoms with van der Waals surface area (Å²) in [4.78, 5) is 8.77. The van der Waals surface area contributed by atoms with Crippen LogP contribution in [0.15, 0.2) is 22.8 Å². The van der Waals surface area contributed by atoms with Crippen LogP contribution in [0.4, 0.5) is 0 Å². The topological polar surface area (TPSA) is 43.6 Å². The van der Waals surface area contributed by atoms with E-state index in [1.165, 1.54) is 0 Å². The van der Waals surface area contributed by atoms with E-state index >= 15 is 0 Å². The molecule has 0 aliphatic heterocycles. The molecule has 0 saturated carbocycles. The van der Waals surface area contributed by atoms with Gasteiger partial charge in [-0.05, 0) is 28.1 Å². The molecule has 4 nitrogen and oxygen atoms in total. The van der Waals surface area contributed by atoms with E-state index in [1.54, 1.807) is 6.20 Å². The third-order valence-corrected chi connectivity index (χ3v) is 2.91. The molecule has 84 valence electrons. The molecular formula is C11H13BrN4. The molecule has 0 unspecified atom stereocenters. The third kappa shape index (κ3) is 2.00. The van der Waals surface area contributed by atoms with Crippen molar-refractivity contribution in [2.75, 3.05) is 0 Å². The second kappa shape index (κ2) is 4.74. The van der Waals surface area contributed by atoms with Gasteiger partial charge in [-0.15, -0.1) is 5.10 Å². The van der Waals surface area contributed by atoms with Crippen LogP contribution in [0.25, 0.3) is 5.82 Å². The van der Waals surface area contributed by atoms with Gasteiger partial charge in [-0.25, -0.2) is 9.97 Å². The molecule has 0 bridgehead atoms. The molecule has 0 atom stereocenters. The average Bonchev–Trinajstić information content (AvgIpc) is 2.72. The summed E-state index contributed by atoms with van der Waals surface area (Å²) in [7, 11) is 0. The Morgan fingerprint density at radius 1 is 1.31 bits per heavy atom. The van der Waals surface area contributed by atoms with Gasteiger partial charge in [-0.1, -0.05) is 13.8 Å². The molecule has 0 spiro atoms. The third-order valence-electron chi connectivity index (χ3n) is 2.29. The fourth-order valence-electron chi connectivity index (χ4n) is 1.47. The van der Waals surface area contributed by atoms with Crippen molar-refractivity contribution in [3.63, 3.8) is 0 Å². The van der Waals surface area contributed by atoms with Gasteiger partial charge in [0.15, 0.2) is 11.6 Å². The minimum Gasteiger partial charge on any atom is -0.236 e. The minimum atomic E-state index is 0.798. The Morgan fingerprint density at radius 3 is 2.75 bits per heavy atom. The van der Waals surface area contributed by atoms with Gasteiger partial charge in [0.1, 0.15) is 5.82 Å². The Bertz CT molecular complexity index is 492. The zero-order valence-electron chi connectivity index (χ0n) is 9.31. The van der Waals surface area contributed by atoms with E-state index in [0.717, 1.165) is 34.8 Å². The maximum absolute atomic E-state index is 4.46. The molecule has 2 aromatic heterocycles. The largest absolute Gasteiger partial charge is 0.236 e. The van der Waals surface area contributed by atoms with Crippen LogP contribution in [0.3, 0.4) is 0 Å². The predicted molar refractivity (Wildman–Crippen MR) is 65.6 cm³/mol. The molecule has 2 heterocycles. The summed E-state index contributed by atoms with van der Waals surface area (Å²) in [5, 5.41) is 4.44. The van der Waals surface area contributed by atoms with Gasteiger partial charge >= 0.3 is 0 Å². The summed E-state index contributed by atoms with van der Waals surface area (Å²) in [6.45, 7) is 4.11. The zero-order valence-corrected chi connectivity index (χ0v) is 10.9. The minimum absolute atomic E-state index is 0.798. The number of pyridine rings is 1. The summed E-state index contributed by atoms with van der Waals surface area (Å²) >= 11 is 3.48. The Morgan fingerprint density at radius 2 is 2.12 bits per heavy atom. The highest BCUT2D eigenvalue weighted by atomic mass is 79.9. The van der Waals surface area contributed by atoms with Gasteiger partial charge in [-0.2, -0.15) is 4.68 Å². The van der Waals surface area contributed by atoms with Gasteiger partial charge in [0.25, 0.3) is 0 Å². The van der Waals surface area contributed by atoms with Crippen molar-refractivity contribution in [3.05, 3.63) is 34.5 Å². The van der Waals surface area contributed by atoms with E-state index in [0.29, 0.717) is 0 Å². The highest BCUT2D eigenvalue weighted by Gasteiger charge is 2.11. The van der Waals surface area contributed by atoms with Crippen molar-refractivity contribution in [1.29, 1.82) is 0 Å². The first-order valence-corrected chi connectivity index (χ1v) is 6.11. The standard InChI is InChI=1S/C11H13BrN4/c1-3-9-14-10(4-2)16(15-9)11-8(12)6-5-7-13-11/h5-7H,3-4H2,1-2H3. The van der Waals surface area contributed by atoms with E-state index < -0.39 is 0 Å². The van der Waals surface area contributed by atoms with E-state index in [-0.39, 0.29) is 0 Å². The molecule has 5 heteroatoms. The zero-order chi connectivity index (χ0) is 11.5. The van der Waals surface area contributed by atoms with Crippen molar-refractivity contribution in [2.45, 2.75) is 26.7 Å². The first kappa shape index (κ1) is 11.3. The van der Waals surface area contributed by atoms with Gasteiger partial charge in [0.2, 0.25) is 0 Å². The average molecular weight is 281 g/mol. The number of nitrogens with zero attached hydrogens (tertiary/aromatic N) is 4. The maximum Gasteiger partial charge on any atom is 0.169 e. The van der Waals surface area contributed by atoms with E-state index in [9.17, 15) is 0 Å². The number of rotatable bonds is 3. The molecule has 0 radical (unpaired) electrons. The summed E-state index contributed by atoms with van der Waals surface area (Å²) in [5.41, 5.74) is 0. The van der Waals surface area contributed by atoms with Crippen LogP contribution in [0.1, 0.15) is 25.5 Å². The first-order chi connectivity index (χ1) is 7.76. The van der Waals surface area contributed by atoms with Crippen molar-refractivity contribution < 1.29 is 0 Å². The highest BCUT2D eigenvalue weighted by Crippen LogP contribution is 2.18. The number of halogens is 1.